The molecule has 7 heteroatoms. The van der Waals surface area contributed by atoms with Gasteiger partial charge in [-0.25, -0.2) is 0 Å². The predicted molar refractivity (Wildman–Crippen MR) is 92.2 cm³/mol. The lowest BCUT2D eigenvalue weighted by Gasteiger charge is -2.36. The van der Waals surface area contributed by atoms with Crippen LogP contribution in [0.3, 0.4) is 0 Å². The summed E-state index contributed by atoms with van der Waals surface area (Å²) in [5.41, 5.74) is 0.559. The summed E-state index contributed by atoms with van der Waals surface area (Å²) >= 11 is 0. The minimum atomic E-state index is -1.02. The zero-order chi connectivity index (χ0) is 17.6. The van der Waals surface area contributed by atoms with E-state index >= 15 is 0 Å². The van der Waals surface area contributed by atoms with E-state index in [4.69, 9.17) is 4.74 Å². The zero-order valence-electron chi connectivity index (χ0n) is 13.7. The van der Waals surface area contributed by atoms with Crippen LogP contribution in [0.25, 0.3) is 0 Å². The Balaban J connectivity index is 1.92. The maximum absolute atomic E-state index is 12.1. The fourth-order valence-corrected chi connectivity index (χ4v) is 3.80. The minimum Gasteiger partial charge on any atom is -0.481 e. The maximum atomic E-state index is 12.1. The molecule has 2 rings (SSSR count). The SMILES string of the molecule is COCCS(=O)Cc1cccc(NC(=O)CC2(C(=O)O)CCC2)c1. The highest BCUT2D eigenvalue weighted by Crippen LogP contribution is 2.44. The Bertz CT molecular complexity index is 627. The molecule has 0 aromatic heterocycles. The number of benzene rings is 1. The summed E-state index contributed by atoms with van der Waals surface area (Å²) in [6, 6.07) is 7.16. The van der Waals surface area contributed by atoms with Gasteiger partial charge in [-0.05, 0) is 30.5 Å². The van der Waals surface area contributed by atoms with Crippen molar-refractivity contribution in [3.05, 3.63) is 29.8 Å². The molecule has 1 unspecified atom stereocenters. The number of ether oxygens (including phenoxy) is 1. The summed E-state index contributed by atoms with van der Waals surface area (Å²) in [5, 5.41) is 12.0. The van der Waals surface area contributed by atoms with Crippen molar-refractivity contribution in [2.24, 2.45) is 5.41 Å². The molecule has 0 saturated heterocycles. The number of carbonyl (C=O) groups is 2. The standard InChI is InChI=1S/C17H23NO5S/c1-23-8-9-24(22)12-13-4-2-5-14(10-13)18-15(19)11-17(16(20)21)6-3-7-17/h2,4-5,10H,3,6-9,11-12H2,1H3,(H,18,19)(H,20,21). The third-order valence-electron chi connectivity index (χ3n) is 4.32. The fourth-order valence-electron chi connectivity index (χ4n) is 2.76. The average molecular weight is 353 g/mol. The number of methoxy groups -OCH3 is 1. The van der Waals surface area contributed by atoms with Gasteiger partial charge in [0.05, 0.1) is 12.0 Å². The van der Waals surface area contributed by atoms with E-state index in [9.17, 15) is 18.9 Å². The first-order valence-electron chi connectivity index (χ1n) is 7.91. The number of carboxylic acids is 1. The number of anilines is 1. The molecule has 6 nitrogen and oxygen atoms in total. The van der Waals surface area contributed by atoms with Crippen molar-refractivity contribution in [2.75, 3.05) is 24.8 Å². The van der Waals surface area contributed by atoms with Crippen LogP contribution in [0.2, 0.25) is 0 Å². The van der Waals surface area contributed by atoms with Crippen LogP contribution in [0.4, 0.5) is 5.69 Å². The second kappa shape index (κ2) is 8.39. The van der Waals surface area contributed by atoms with Crippen molar-refractivity contribution < 1.29 is 23.6 Å². The zero-order valence-corrected chi connectivity index (χ0v) is 14.6. The molecule has 1 aliphatic carbocycles. The number of carboxylic acid groups (broad SMARTS) is 1. The first-order chi connectivity index (χ1) is 11.4. The lowest BCUT2D eigenvalue weighted by atomic mass is 9.66. The fraction of sp³-hybridized carbons (Fsp3) is 0.529. The quantitative estimate of drug-likeness (QED) is 0.710. The van der Waals surface area contributed by atoms with Gasteiger partial charge in [0.15, 0.2) is 0 Å². The summed E-state index contributed by atoms with van der Waals surface area (Å²) in [5.74, 6) is -0.332. The minimum absolute atomic E-state index is 0.00761. The molecule has 1 fully saturated rings. The Morgan fingerprint density at radius 1 is 1.38 bits per heavy atom. The van der Waals surface area contributed by atoms with Crippen molar-refractivity contribution in [1.82, 2.24) is 0 Å². The molecule has 0 bridgehead atoms. The average Bonchev–Trinajstić information content (AvgIpc) is 2.48. The highest BCUT2D eigenvalue weighted by Gasteiger charge is 2.45. The van der Waals surface area contributed by atoms with Gasteiger partial charge in [0.25, 0.3) is 0 Å². The molecule has 1 aromatic rings. The van der Waals surface area contributed by atoms with Crippen LogP contribution in [0.15, 0.2) is 24.3 Å². The van der Waals surface area contributed by atoms with Crippen LogP contribution in [0.5, 0.6) is 0 Å². The van der Waals surface area contributed by atoms with E-state index in [-0.39, 0.29) is 12.3 Å². The number of rotatable bonds is 9. The van der Waals surface area contributed by atoms with Crippen LogP contribution < -0.4 is 5.32 Å². The molecular formula is C17H23NO5S. The van der Waals surface area contributed by atoms with E-state index in [0.717, 1.165) is 12.0 Å². The second-order valence-corrected chi connectivity index (χ2v) is 7.72. The molecule has 132 valence electrons. The van der Waals surface area contributed by atoms with E-state index in [1.165, 1.54) is 0 Å². The molecule has 0 heterocycles. The number of hydrogen-bond acceptors (Lipinski definition) is 4. The Morgan fingerprint density at radius 2 is 2.12 bits per heavy atom. The van der Waals surface area contributed by atoms with Crippen LogP contribution in [-0.2, 0) is 30.9 Å². The summed E-state index contributed by atoms with van der Waals surface area (Å²) in [6.07, 6.45) is 1.94. The number of nitrogens with one attached hydrogen (secondary N) is 1. The van der Waals surface area contributed by atoms with Crippen molar-refractivity contribution in [3.8, 4) is 0 Å². The van der Waals surface area contributed by atoms with Crippen LogP contribution in [0.1, 0.15) is 31.2 Å². The van der Waals surface area contributed by atoms with Gasteiger partial charge >= 0.3 is 5.97 Å². The van der Waals surface area contributed by atoms with E-state index in [1.54, 1.807) is 25.3 Å². The first kappa shape index (κ1) is 18.6. The van der Waals surface area contributed by atoms with Gasteiger partial charge in [0.1, 0.15) is 0 Å². The lowest BCUT2D eigenvalue weighted by Crippen LogP contribution is -2.41. The van der Waals surface area contributed by atoms with Crippen molar-refractivity contribution >= 4 is 28.4 Å². The lowest BCUT2D eigenvalue weighted by molar-refractivity contribution is -0.157. The monoisotopic (exact) mass is 353 g/mol. The van der Waals surface area contributed by atoms with Crippen molar-refractivity contribution in [3.63, 3.8) is 0 Å². The second-order valence-electron chi connectivity index (χ2n) is 6.15. The molecule has 1 aliphatic rings. The summed E-state index contributed by atoms with van der Waals surface area (Å²) < 4.78 is 16.8. The molecule has 1 amide bonds. The summed E-state index contributed by atoms with van der Waals surface area (Å²) in [6.45, 7) is 0.445. The highest BCUT2D eigenvalue weighted by atomic mass is 32.2. The number of hydrogen-bond donors (Lipinski definition) is 2. The number of aliphatic carboxylic acids is 1. The van der Waals surface area contributed by atoms with Gasteiger partial charge in [-0.3, -0.25) is 13.8 Å². The molecule has 1 saturated carbocycles. The van der Waals surface area contributed by atoms with Gasteiger partial charge in [-0.15, -0.1) is 0 Å². The molecule has 2 N–H and O–H groups in total. The van der Waals surface area contributed by atoms with E-state index < -0.39 is 22.2 Å². The molecule has 0 aliphatic heterocycles. The molecule has 24 heavy (non-hydrogen) atoms. The van der Waals surface area contributed by atoms with Gasteiger partial charge < -0.3 is 15.2 Å². The number of amides is 1. The largest absolute Gasteiger partial charge is 0.481 e. The topological polar surface area (TPSA) is 92.7 Å². The summed E-state index contributed by atoms with van der Waals surface area (Å²) in [4.78, 5) is 23.5. The third kappa shape index (κ3) is 4.88. The van der Waals surface area contributed by atoms with Gasteiger partial charge in [-0.1, -0.05) is 18.6 Å². The third-order valence-corrected chi connectivity index (χ3v) is 5.59. The molecule has 1 atom stereocenters. The van der Waals surface area contributed by atoms with Gasteiger partial charge in [-0.2, -0.15) is 0 Å². The van der Waals surface area contributed by atoms with Crippen molar-refractivity contribution in [2.45, 2.75) is 31.4 Å². The van der Waals surface area contributed by atoms with Gasteiger partial charge in [0, 0.05) is 41.5 Å². The van der Waals surface area contributed by atoms with E-state index in [0.29, 0.717) is 36.6 Å². The number of carbonyl (C=O) groups excluding carboxylic acids is 1. The molecule has 1 aromatic carbocycles. The Morgan fingerprint density at radius 3 is 2.71 bits per heavy atom. The molecule has 0 radical (unpaired) electrons. The van der Waals surface area contributed by atoms with Crippen LogP contribution >= 0.6 is 0 Å². The Hall–Kier alpha value is -1.73. The first-order valence-corrected chi connectivity index (χ1v) is 9.40. The normalized spacial score (nSPS) is 16.9. The maximum Gasteiger partial charge on any atom is 0.310 e. The molecular weight excluding hydrogens is 330 g/mol. The van der Waals surface area contributed by atoms with E-state index in [1.807, 2.05) is 6.07 Å². The highest BCUT2D eigenvalue weighted by molar-refractivity contribution is 7.84. The smallest absolute Gasteiger partial charge is 0.310 e. The summed E-state index contributed by atoms with van der Waals surface area (Å²) in [7, 11) is 0.547. The van der Waals surface area contributed by atoms with Crippen LogP contribution in [-0.4, -0.2) is 40.7 Å². The van der Waals surface area contributed by atoms with Gasteiger partial charge in [0.2, 0.25) is 5.91 Å². The van der Waals surface area contributed by atoms with Crippen LogP contribution in [0, 0.1) is 5.41 Å². The predicted octanol–water partition coefficient (Wildman–Crippen LogP) is 2.17. The Labute approximate surface area is 144 Å². The Kier molecular flexibility index (Phi) is 6.51. The molecule has 0 spiro atoms. The van der Waals surface area contributed by atoms with E-state index in [2.05, 4.69) is 5.32 Å². The van der Waals surface area contributed by atoms with Crippen molar-refractivity contribution in [1.29, 1.82) is 0 Å².